The van der Waals surface area contributed by atoms with E-state index < -0.39 is 12.1 Å². The fourth-order valence-electron chi connectivity index (χ4n) is 2.70. The maximum Gasteiger partial charge on any atom is 0.407 e. The molecule has 0 fully saturated rings. The third-order valence-electron chi connectivity index (χ3n) is 3.66. The highest BCUT2D eigenvalue weighted by Crippen LogP contribution is 2.19. The molecule has 0 unspecified atom stereocenters. The number of alkyl carbamates (subject to hydrolysis) is 1. The average molecular weight is 340 g/mol. The van der Waals surface area contributed by atoms with Crippen LogP contribution in [0, 0.1) is 13.8 Å². The molecule has 0 aliphatic heterocycles. The van der Waals surface area contributed by atoms with Crippen molar-refractivity contribution in [1.82, 2.24) is 5.32 Å². The summed E-state index contributed by atoms with van der Waals surface area (Å²) in [7, 11) is 0. The van der Waals surface area contributed by atoms with E-state index in [1.54, 1.807) is 6.92 Å². The maximum atomic E-state index is 12.5. The van der Waals surface area contributed by atoms with Gasteiger partial charge in [0, 0.05) is 5.69 Å². The van der Waals surface area contributed by atoms with Crippen LogP contribution in [-0.4, -0.2) is 18.6 Å². The largest absolute Gasteiger partial charge is 0.450 e. The first-order valence-electron chi connectivity index (χ1n) is 8.34. The van der Waals surface area contributed by atoms with Crippen molar-refractivity contribution in [2.75, 3.05) is 11.9 Å². The zero-order valence-electron chi connectivity index (χ0n) is 14.8. The summed E-state index contributed by atoms with van der Waals surface area (Å²) in [6.45, 7) is 5.99. The molecule has 0 radical (unpaired) electrons. The van der Waals surface area contributed by atoms with Crippen LogP contribution in [0.15, 0.2) is 48.5 Å². The second-order valence-corrected chi connectivity index (χ2v) is 5.96. The zero-order valence-corrected chi connectivity index (χ0v) is 14.8. The molecule has 0 saturated heterocycles. The van der Waals surface area contributed by atoms with Crippen molar-refractivity contribution in [2.45, 2.75) is 33.2 Å². The average Bonchev–Trinajstić information content (AvgIpc) is 2.54. The molecular weight excluding hydrogens is 316 g/mol. The van der Waals surface area contributed by atoms with E-state index in [0.29, 0.717) is 0 Å². The molecule has 25 heavy (non-hydrogen) atoms. The van der Waals surface area contributed by atoms with Crippen LogP contribution in [0.1, 0.15) is 36.1 Å². The van der Waals surface area contributed by atoms with Gasteiger partial charge in [-0.1, -0.05) is 36.4 Å². The van der Waals surface area contributed by atoms with Gasteiger partial charge in [0.2, 0.25) is 5.91 Å². The molecule has 2 aromatic rings. The van der Waals surface area contributed by atoms with Gasteiger partial charge in [0.25, 0.3) is 0 Å². The summed E-state index contributed by atoms with van der Waals surface area (Å²) in [5, 5.41) is 5.65. The molecule has 0 spiro atoms. The molecule has 1 atom stereocenters. The minimum atomic E-state index is -0.532. The summed E-state index contributed by atoms with van der Waals surface area (Å²) in [4.78, 5) is 24.2. The highest BCUT2D eigenvalue weighted by atomic mass is 16.5. The standard InChI is InChI=1S/C20H24N2O3/c1-4-25-20(24)22-18(16-8-6-5-7-9-16)13-19(23)21-17-11-14(2)10-15(3)12-17/h5-12,18H,4,13H2,1-3H3,(H,21,23)(H,22,24)/t18-/m1/s1. The number of rotatable bonds is 6. The van der Waals surface area contributed by atoms with Crippen molar-refractivity contribution in [1.29, 1.82) is 0 Å². The van der Waals surface area contributed by atoms with Gasteiger partial charge in [-0.15, -0.1) is 0 Å². The fourth-order valence-corrected chi connectivity index (χ4v) is 2.70. The molecule has 5 heteroatoms. The van der Waals surface area contributed by atoms with Crippen molar-refractivity contribution in [3.63, 3.8) is 0 Å². The summed E-state index contributed by atoms with van der Waals surface area (Å²) < 4.78 is 4.94. The number of benzene rings is 2. The lowest BCUT2D eigenvalue weighted by Gasteiger charge is -2.19. The van der Waals surface area contributed by atoms with E-state index >= 15 is 0 Å². The molecule has 0 aliphatic rings. The number of hydrogen-bond donors (Lipinski definition) is 2. The molecule has 5 nitrogen and oxygen atoms in total. The van der Waals surface area contributed by atoms with Crippen LogP contribution in [0.2, 0.25) is 0 Å². The van der Waals surface area contributed by atoms with Gasteiger partial charge in [0.05, 0.1) is 19.1 Å². The van der Waals surface area contributed by atoms with Gasteiger partial charge in [0.15, 0.2) is 0 Å². The van der Waals surface area contributed by atoms with E-state index in [9.17, 15) is 9.59 Å². The van der Waals surface area contributed by atoms with Gasteiger partial charge >= 0.3 is 6.09 Å². The van der Waals surface area contributed by atoms with Crippen molar-refractivity contribution in [3.8, 4) is 0 Å². The SMILES string of the molecule is CCOC(=O)N[C@H](CC(=O)Nc1cc(C)cc(C)c1)c1ccccc1. The number of hydrogen-bond acceptors (Lipinski definition) is 3. The summed E-state index contributed by atoms with van der Waals surface area (Å²) in [5.74, 6) is -0.171. The Labute approximate surface area is 148 Å². The Bertz CT molecular complexity index is 709. The van der Waals surface area contributed by atoms with E-state index in [2.05, 4.69) is 10.6 Å². The van der Waals surface area contributed by atoms with Crippen LogP contribution >= 0.6 is 0 Å². The molecule has 132 valence electrons. The second-order valence-electron chi connectivity index (χ2n) is 5.96. The first-order chi connectivity index (χ1) is 12.0. The number of aryl methyl sites for hydroxylation is 2. The Morgan fingerprint density at radius 1 is 1.04 bits per heavy atom. The van der Waals surface area contributed by atoms with Gasteiger partial charge in [-0.2, -0.15) is 0 Å². The Balaban J connectivity index is 2.09. The van der Waals surface area contributed by atoms with Crippen molar-refractivity contribution >= 4 is 17.7 Å². The van der Waals surface area contributed by atoms with Crippen LogP contribution in [0.3, 0.4) is 0 Å². The second kappa shape index (κ2) is 8.87. The van der Waals surface area contributed by atoms with E-state index in [0.717, 1.165) is 22.4 Å². The van der Waals surface area contributed by atoms with Crippen LogP contribution in [0.25, 0.3) is 0 Å². The first kappa shape index (κ1) is 18.5. The highest BCUT2D eigenvalue weighted by Gasteiger charge is 2.19. The first-order valence-corrected chi connectivity index (χ1v) is 8.34. The Morgan fingerprint density at radius 3 is 2.28 bits per heavy atom. The predicted octanol–water partition coefficient (Wildman–Crippen LogP) is 4.12. The summed E-state index contributed by atoms with van der Waals surface area (Å²) >= 11 is 0. The number of anilines is 1. The number of carbonyl (C=O) groups is 2. The number of nitrogens with one attached hydrogen (secondary N) is 2. The third-order valence-corrected chi connectivity index (χ3v) is 3.66. The Morgan fingerprint density at radius 2 is 1.68 bits per heavy atom. The van der Waals surface area contributed by atoms with Crippen LogP contribution in [-0.2, 0) is 9.53 Å². The van der Waals surface area contributed by atoms with E-state index in [1.807, 2.05) is 62.4 Å². The molecule has 0 saturated carbocycles. The van der Waals surface area contributed by atoms with Gasteiger partial charge in [-0.05, 0) is 49.6 Å². The molecule has 0 aliphatic carbocycles. The van der Waals surface area contributed by atoms with E-state index in [4.69, 9.17) is 4.74 Å². The molecule has 0 heterocycles. The lowest BCUT2D eigenvalue weighted by Crippen LogP contribution is -2.32. The molecule has 0 bridgehead atoms. The monoisotopic (exact) mass is 340 g/mol. The third kappa shape index (κ3) is 5.95. The van der Waals surface area contributed by atoms with Gasteiger partial charge < -0.3 is 15.4 Å². The molecule has 0 aromatic heterocycles. The zero-order chi connectivity index (χ0) is 18.2. The summed E-state index contributed by atoms with van der Waals surface area (Å²) in [5.41, 5.74) is 3.77. The maximum absolute atomic E-state index is 12.5. The molecule has 2 rings (SSSR count). The topological polar surface area (TPSA) is 67.4 Å². The minimum absolute atomic E-state index is 0.121. The molecular formula is C20H24N2O3. The fraction of sp³-hybridized carbons (Fsp3) is 0.300. The van der Waals surface area contributed by atoms with Crippen molar-refractivity contribution in [2.24, 2.45) is 0 Å². The lowest BCUT2D eigenvalue weighted by atomic mass is 10.0. The minimum Gasteiger partial charge on any atom is -0.450 e. The number of carbonyl (C=O) groups excluding carboxylic acids is 2. The van der Waals surface area contributed by atoms with Crippen LogP contribution in [0.5, 0.6) is 0 Å². The summed E-state index contributed by atoms with van der Waals surface area (Å²) in [6, 6.07) is 14.8. The quantitative estimate of drug-likeness (QED) is 0.831. The Hall–Kier alpha value is -2.82. The van der Waals surface area contributed by atoms with Crippen LogP contribution in [0.4, 0.5) is 10.5 Å². The molecule has 2 amide bonds. The van der Waals surface area contributed by atoms with E-state index in [1.165, 1.54) is 0 Å². The normalized spacial score (nSPS) is 11.5. The highest BCUT2D eigenvalue weighted by molar-refractivity contribution is 5.91. The molecule has 2 aromatic carbocycles. The molecule has 2 N–H and O–H groups in total. The van der Waals surface area contributed by atoms with Crippen molar-refractivity contribution in [3.05, 3.63) is 65.2 Å². The van der Waals surface area contributed by atoms with Gasteiger partial charge in [-0.25, -0.2) is 4.79 Å². The smallest absolute Gasteiger partial charge is 0.407 e. The van der Waals surface area contributed by atoms with Gasteiger partial charge in [-0.3, -0.25) is 4.79 Å². The Kier molecular flexibility index (Phi) is 6.57. The van der Waals surface area contributed by atoms with E-state index in [-0.39, 0.29) is 18.9 Å². The lowest BCUT2D eigenvalue weighted by molar-refractivity contribution is -0.116. The number of ether oxygens (including phenoxy) is 1. The van der Waals surface area contributed by atoms with Crippen molar-refractivity contribution < 1.29 is 14.3 Å². The predicted molar refractivity (Wildman–Crippen MR) is 98.5 cm³/mol. The van der Waals surface area contributed by atoms with Crippen LogP contribution < -0.4 is 10.6 Å². The number of amides is 2. The van der Waals surface area contributed by atoms with Gasteiger partial charge in [0.1, 0.15) is 0 Å². The summed E-state index contributed by atoms with van der Waals surface area (Å²) in [6.07, 6.45) is -0.411.